The Hall–Kier alpha value is -3.67. The van der Waals surface area contributed by atoms with E-state index in [1.165, 1.54) is 44.9 Å². The van der Waals surface area contributed by atoms with Crippen LogP contribution in [-0.2, 0) is 28.6 Å². The Labute approximate surface area is 381 Å². The molecule has 62 heavy (non-hydrogen) atoms. The van der Waals surface area contributed by atoms with Gasteiger partial charge in [0.25, 0.3) is 0 Å². The molecule has 6 heteroatoms. The maximum absolute atomic E-state index is 12.8. The number of unbranched alkanes of at least 4 members (excludes halogenated alkanes) is 17. The monoisotopic (exact) mass is 861 g/mol. The molecular weight excluding hydrogens is 769 g/mol. The van der Waals surface area contributed by atoms with E-state index in [2.05, 4.69) is 118 Å². The van der Waals surface area contributed by atoms with Gasteiger partial charge in [-0.1, -0.05) is 189 Å². The van der Waals surface area contributed by atoms with Crippen LogP contribution in [0.4, 0.5) is 0 Å². The minimum Gasteiger partial charge on any atom is -0.462 e. The van der Waals surface area contributed by atoms with Crippen molar-refractivity contribution in [3.05, 3.63) is 97.2 Å². The highest BCUT2D eigenvalue weighted by Crippen LogP contribution is 2.13. The average Bonchev–Trinajstić information content (AvgIpc) is 3.27. The molecular formula is C56H92O6. The summed E-state index contributed by atoms with van der Waals surface area (Å²) in [6.07, 6.45) is 65.3. The van der Waals surface area contributed by atoms with Gasteiger partial charge in [-0.25, -0.2) is 0 Å². The van der Waals surface area contributed by atoms with Crippen LogP contribution < -0.4 is 0 Å². The van der Waals surface area contributed by atoms with Crippen LogP contribution in [0.1, 0.15) is 220 Å². The maximum atomic E-state index is 12.8. The Balaban J connectivity index is 4.47. The van der Waals surface area contributed by atoms with Crippen molar-refractivity contribution in [2.45, 2.75) is 226 Å². The van der Waals surface area contributed by atoms with Crippen LogP contribution in [0.5, 0.6) is 0 Å². The molecule has 0 heterocycles. The topological polar surface area (TPSA) is 78.9 Å². The molecule has 6 nitrogen and oxygen atoms in total. The molecule has 0 amide bonds. The van der Waals surface area contributed by atoms with E-state index in [0.717, 1.165) is 135 Å². The zero-order chi connectivity index (χ0) is 45.1. The summed E-state index contributed by atoms with van der Waals surface area (Å²) in [6, 6.07) is 0. The van der Waals surface area contributed by atoms with Crippen molar-refractivity contribution >= 4 is 17.9 Å². The fraction of sp³-hybridized carbons (Fsp3) is 0.661. The molecule has 0 aliphatic heterocycles. The van der Waals surface area contributed by atoms with Crippen LogP contribution >= 0.6 is 0 Å². The van der Waals surface area contributed by atoms with Gasteiger partial charge < -0.3 is 14.2 Å². The van der Waals surface area contributed by atoms with Crippen molar-refractivity contribution in [1.82, 2.24) is 0 Å². The van der Waals surface area contributed by atoms with Crippen molar-refractivity contribution in [2.75, 3.05) is 13.2 Å². The average molecular weight is 861 g/mol. The first-order valence-corrected chi connectivity index (χ1v) is 25.2. The number of hydrogen-bond acceptors (Lipinski definition) is 6. The summed E-state index contributed by atoms with van der Waals surface area (Å²) < 4.78 is 16.7. The lowest BCUT2D eigenvalue weighted by Crippen LogP contribution is -2.30. The lowest BCUT2D eigenvalue weighted by molar-refractivity contribution is -0.167. The molecule has 0 saturated carbocycles. The van der Waals surface area contributed by atoms with E-state index < -0.39 is 6.10 Å². The van der Waals surface area contributed by atoms with Gasteiger partial charge in [0.05, 0.1) is 0 Å². The van der Waals surface area contributed by atoms with Gasteiger partial charge in [0.1, 0.15) is 13.2 Å². The van der Waals surface area contributed by atoms with Gasteiger partial charge in [-0.15, -0.1) is 0 Å². The van der Waals surface area contributed by atoms with Crippen LogP contribution in [0.2, 0.25) is 0 Å². The van der Waals surface area contributed by atoms with Crippen LogP contribution in [0.15, 0.2) is 97.2 Å². The third-order valence-corrected chi connectivity index (χ3v) is 10.3. The number of carbonyl (C=O) groups is 3. The number of hydrogen-bond donors (Lipinski definition) is 0. The lowest BCUT2D eigenvalue weighted by Gasteiger charge is -2.18. The van der Waals surface area contributed by atoms with Crippen LogP contribution in [-0.4, -0.2) is 37.2 Å². The number of ether oxygens (including phenoxy) is 3. The quantitative estimate of drug-likeness (QED) is 0.0263. The first-order valence-electron chi connectivity index (χ1n) is 25.2. The minimum absolute atomic E-state index is 0.0997. The SMILES string of the molecule is CC/C=C\C/C=C\C/C=C\C/C=C\C/C=C\CCCCCC(=O)OC[C@@H](COC(=O)CCCCCCC/C=C\CCCC)OC(=O)CCCCCCC/C=C\C/C=C\CCCC. The highest BCUT2D eigenvalue weighted by molar-refractivity contribution is 5.71. The van der Waals surface area contributed by atoms with Crippen molar-refractivity contribution in [2.24, 2.45) is 0 Å². The molecule has 0 rings (SSSR count). The second kappa shape index (κ2) is 50.0. The Morgan fingerprint density at radius 2 is 0.629 bits per heavy atom. The van der Waals surface area contributed by atoms with Gasteiger partial charge in [0, 0.05) is 19.3 Å². The summed E-state index contributed by atoms with van der Waals surface area (Å²) in [7, 11) is 0. The molecule has 0 aromatic carbocycles. The van der Waals surface area contributed by atoms with Gasteiger partial charge in [-0.05, 0) is 109 Å². The fourth-order valence-corrected chi connectivity index (χ4v) is 6.46. The third kappa shape index (κ3) is 47.4. The zero-order valence-corrected chi connectivity index (χ0v) is 40.1. The number of carbonyl (C=O) groups excluding carboxylic acids is 3. The minimum atomic E-state index is -0.801. The standard InChI is InChI=1S/C56H92O6/c1-4-7-10-13-16-19-22-24-26-27-28-29-30-32-34-37-40-43-46-49-55(58)61-52-53(51-60-54(57)48-45-42-39-36-33-21-18-15-12-9-6-3)62-56(59)50-47-44-41-38-35-31-25-23-20-17-14-11-8-5-2/h7,10,14-19,23-26,28-29,32,34,53H,4-6,8-9,11-13,20-22,27,30-31,33,35-52H2,1-3H3/b10-7-,17-14-,18-15-,19-16-,25-23-,26-24-,29-28-,34-32-/t53-/m1/s1. The van der Waals surface area contributed by atoms with E-state index in [1.54, 1.807) is 0 Å². The number of rotatable bonds is 44. The molecule has 0 aliphatic carbocycles. The first kappa shape index (κ1) is 58.3. The smallest absolute Gasteiger partial charge is 0.306 e. The van der Waals surface area contributed by atoms with Crippen molar-refractivity contribution in [3.63, 3.8) is 0 Å². The number of allylic oxidation sites excluding steroid dienone is 16. The summed E-state index contributed by atoms with van der Waals surface area (Å²) in [4.78, 5) is 37.9. The first-order chi connectivity index (χ1) is 30.5. The molecule has 0 spiro atoms. The number of esters is 3. The van der Waals surface area contributed by atoms with Crippen molar-refractivity contribution in [1.29, 1.82) is 0 Å². The molecule has 352 valence electrons. The maximum Gasteiger partial charge on any atom is 0.306 e. The van der Waals surface area contributed by atoms with Gasteiger partial charge in [-0.2, -0.15) is 0 Å². The van der Waals surface area contributed by atoms with Crippen LogP contribution in [0, 0.1) is 0 Å². The molecule has 0 saturated heterocycles. The molecule has 0 unspecified atom stereocenters. The van der Waals surface area contributed by atoms with E-state index in [1.807, 2.05) is 0 Å². The zero-order valence-electron chi connectivity index (χ0n) is 40.1. The van der Waals surface area contributed by atoms with Gasteiger partial charge in [0.2, 0.25) is 0 Å². The highest BCUT2D eigenvalue weighted by Gasteiger charge is 2.19. The molecule has 0 aromatic rings. The van der Waals surface area contributed by atoms with Crippen LogP contribution in [0.25, 0.3) is 0 Å². The summed E-state index contributed by atoms with van der Waals surface area (Å²) in [6.45, 7) is 6.38. The largest absolute Gasteiger partial charge is 0.462 e. The van der Waals surface area contributed by atoms with Crippen molar-refractivity contribution < 1.29 is 28.6 Å². The van der Waals surface area contributed by atoms with Gasteiger partial charge >= 0.3 is 17.9 Å². The third-order valence-electron chi connectivity index (χ3n) is 10.3. The second-order valence-corrected chi connectivity index (χ2v) is 16.3. The summed E-state index contributed by atoms with van der Waals surface area (Å²) in [5.41, 5.74) is 0. The van der Waals surface area contributed by atoms with Crippen LogP contribution in [0.3, 0.4) is 0 Å². The molecule has 0 bridgehead atoms. The molecule has 1 atom stereocenters. The summed E-state index contributed by atoms with van der Waals surface area (Å²) >= 11 is 0. The predicted octanol–water partition coefficient (Wildman–Crippen LogP) is 16.6. The van der Waals surface area contributed by atoms with E-state index in [-0.39, 0.29) is 31.1 Å². The lowest BCUT2D eigenvalue weighted by atomic mass is 10.1. The summed E-state index contributed by atoms with van der Waals surface area (Å²) in [5, 5.41) is 0. The fourth-order valence-electron chi connectivity index (χ4n) is 6.46. The van der Waals surface area contributed by atoms with Crippen molar-refractivity contribution in [3.8, 4) is 0 Å². The molecule has 0 aromatic heterocycles. The molecule has 0 radical (unpaired) electrons. The summed E-state index contributed by atoms with van der Waals surface area (Å²) in [5.74, 6) is -0.962. The normalized spacial score (nSPS) is 12.9. The molecule has 0 N–H and O–H groups in total. The molecule has 0 fully saturated rings. The van der Waals surface area contributed by atoms with E-state index in [9.17, 15) is 14.4 Å². The van der Waals surface area contributed by atoms with E-state index >= 15 is 0 Å². The van der Waals surface area contributed by atoms with E-state index in [4.69, 9.17) is 14.2 Å². The Kier molecular flexibility index (Phi) is 47.0. The molecule has 0 aliphatic rings. The Bertz CT molecular complexity index is 1260. The van der Waals surface area contributed by atoms with Gasteiger partial charge in [-0.3, -0.25) is 14.4 Å². The Morgan fingerprint density at radius 1 is 0.339 bits per heavy atom. The van der Waals surface area contributed by atoms with E-state index in [0.29, 0.717) is 19.3 Å². The highest BCUT2D eigenvalue weighted by atomic mass is 16.6. The van der Waals surface area contributed by atoms with Gasteiger partial charge in [0.15, 0.2) is 6.10 Å². The Morgan fingerprint density at radius 3 is 1.02 bits per heavy atom. The second-order valence-electron chi connectivity index (χ2n) is 16.3. The predicted molar refractivity (Wildman–Crippen MR) is 265 cm³/mol.